The van der Waals surface area contributed by atoms with Crippen molar-refractivity contribution >= 4 is 11.8 Å². The fourth-order valence-electron chi connectivity index (χ4n) is 2.38. The quantitative estimate of drug-likeness (QED) is 0.927. The van der Waals surface area contributed by atoms with Crippen LogP contribution >= 0.6 is 0 Å². The number of nitrogens with one attached hydrogen (secondary N) is 1. The van der Waals surface area contributed by atoms with E-state index in [0.717, 1.165) is 18.5 Å². The molecule has 5 heteroatoms. The Kier molecular flexibility index (Phi) is 4.84. The summed E-state index contributed by atoms with van der Waals surface area (Å²) in [5.41, 5.74) is 1.13. The van der Waals surface area contributed by atoms with Gasteiger partial charge in [-0.3, -0.25) is 14.6 Å². The van der Waals surface area contributed by atoms with Gasteiger partial charge in [-0.05, 0) is 31.9 Å². The van der Waals surface area contributed by atoms with Crippen LogP contribution in [0.1, 0.15) is 49.7 Å². The molecule has 1 aliphatic rings. The zero-order valence-corrected chi connectivity index (χ0v) is 13.8. The molecule has 1 saturated heterocycles. The first kappa shape index (κ1) is 16.5. The van der Waals surface area contributed by atoms with Crippen molar-refractivity contribution in [1.82, 2.24) is 15.2 Å². The molecular formula is C17H25N3O2. The molecule has 1 aromatic heterocycles. The predicted octanol–water partition coefficient (Wildman–Crippen LogP) is 2.16. The van der Waals surface area contributed by atoms with Gasteiger partial charge >= 0.3 is 0 Å². The number of rotatable bonds is 4. The van der Waals surface area contributed by atoms with Crippen LogP contribution in [0.4, 0.5) is 0 Å². The van der Waals surface area contributed by atoms with Crippen LogP contribution in [0.5, 0.6) is 0 Å². The van der Waals surface area contributed by atoms with Crippen LogP contribution in [-0.2, 0) is 4.79 Å². The van der Waals surface area contributed by atoms with Crippen LogP contribution in [0, 0.1) is 12.3 Å². The summed E-state index contributed by atoms with van der Waals surface area (Å²) < 4.78 is 0. The smallest absolute Gasteiger partial charge is 0.255 e. The second-order valence-corrected chi connectivity index (χ2v) is 6.64. The molecule has 0 bridgehead atoms. The molecule has 2 amide bonds. The van der Waals surface area contributed by atoms with E-state index in [1.165, 1.54) is 0 Å². The molecule has 1 atom stereocenters. The molecule has 1 N–H and O–H groups in total. The topological polar surface area (TPSA) is 62.3 Å². The first-order chi connectivity index (χ1) is 10.3. The van der Waals surface area contributed by atoms with E-state index in [9.17, 15) is 9.59 Å². The van der Waals surface area contributed by atoms with Crippen molar-refractivity contribution in [2.24, 2.45) is 5.41 Å². The number of likely N-dealkylation sites (tertiary alicyclic amines) is 1. The number of aromatic nitrogens is 1. The van der Waals surface area contributed by atoms with Gasteiger partial charge in [0, 0.05) is 36.4 Å². The third kappa shape index (κ3) is 3.64. The van der Waals surface area contributed by atoms with E-state index >= 15 is 0 Å². The van der Waals surface area contributed by atoms with E-state index in [0.29, 0.717) is 18.7 Å². The Morgan fingerprint density at radius 1 is 1.41 bits per heavy atom. The third-order valence-corrected chi connectivity index (χ3v) is 4.47. The Morgan fingerprint density at radius 3 is 2.73 bits per heavy atom. The lowest BCUT2D eigenvalue weighted by molar-refractivity contribution is -0.130. The molecule has 5 nitrogen and oxygen atoms in total. The number of carbonyl (C=O) groups is 2. The average Bonchev–Trinajstić information content (AvgIpc) is 2.95. The molecule has 0 spiro atoms. The molecule has 1 aromatic rings. The van der Waals surface area contributed by atoms with Gasteiger partial charge in [0.2, 0.25) is 5.91 Å². The molecule has 22 heavy (non-hydrogen) atoms. The lowest BCUT2D eigenvalue weighted by atomic mass is 9.89. The van der Waals surface area contributed by atoms with E-state index in [4.69, 9.17) is 0 Å². The standard InChI is InChI=1S/C17H25N3O2/c1-5-17(3,4)16(22)19-14-8-9-20(11-14)15(21)13-7-6-12(2)18-10-13/h6-7,10,14H,5,8-9,11H2,1-4H3,(H,19,22)/t14-/m1/s1. The summed E-state index contributed by atoms with van der Waals surface area (Å²) in [5.74, 6) is 0.0466. The number of aryl methyl sites for hydroxylation is 1. The fraction of sp³-hybridized carbons (Fsp3) is 0.588. The second kappa shape index (κ2) is 6.46. The molecule has 0 unspecified atom stereocenters. The summed E-state index contributed by atoms with van der Waals surface area (Å²) in [6, 6.07) is 3.68. The van der Waals surface area contributed by atoms with E-state index in [-0.39, 0.29) is 23.3 Å². The highest BCUT2D eigenvalue weighted by molar-refractivity contribution is 5.94. The predicted molar refractivity (Wildman–Crippen MR) is 85.5 cm³/mol. The second-order valence-electron chi connectivity index (χ2n) is 6.64. The van der Waals surface area contributed by atoms with Gasteiger partial charge in [-0.2, -0.15) is 0 Å². The number of hydrogen-bond acceptors (Lipinski definition) is 3. The molecule has 2 rings (SSSR count). The van der Waals surface area contributed by atoms with Crippen LogP contribution < -0.4 is 5.32 Å². The Bertz CT molecular complexity index is 552. The van der Waals surface area contributed by atoms with Crippen LogP contribution in [0.3, 0.4) is 0 Å². The average molecular weight is 303 g/mol. The van der Waals surface area contributed by atoms with Gasteiger partial charge in [0.1, 0.15) is 0 Å². The number of pyridine rings is 1. The van der Waals surface area contributed by atoms with Crippen LogP contribution in [0.25, 0.3) is 0 Å². The molecule has 0 radical (unpaired) electrons. The van der Waals surface area contributed by atoms with E-state index in [2.05, 4.69) is 10.3 Å². The molecule has 0 aliphatic carbocycles. The summed E-state index contributed by atoms with van der Waals surface area (Å²) in [6.07, 6.45) is 3.21. The van der Waals surface area contributed by atoms with Crippen molar-refractivity contribution in [2.45, 2.75) is 46.6 Å². The molecular weight excluding hydrogens is 278 g/mol. The van der Waals surface area contributed by atoms with Crippen molar-refractivity contribution < 1.29 is 9.59 Å². The van der Waals surface area contributed by atoms with Gasteiger partial charge in [0.15, 0.2) is 0 Å². The van der Waals surface area contributed by atoms with Crippen LogP contribution in [0.2, 0.25) is 0 Å². The SMILES string of the molecule is CCC(C)(C)C(=O)N[C@@H]1CCN(C(=O)c2ccc(C)nc2)C1. The van der Waals surface area contributed by atoms with Gasteiger partial charge in [-0.25, -0.2) is 0 Å². The number of amides is 2. The summed E-state index contributed by atoms with van der Waals surface area (Å²) in [4.78, 5) is 30.6. The third-order valence-electron chi connectivity index (χ3n) is 4.47. The van der Waals surface area contributed by atoms with Crippen molar-refractivity contribution in [2.75, 3.05) is 13.1 Å². The summed E-state index contributed by atoms with van der Waals surface area (Å²) >= 11 is 0. The fourth-order valence-corrected chi connectivity index (χ4v) is 2.38. The molecule has 2 heterocycles. The minimum Gasteiger partial charge on any atom is -0.351 e. The first-order valence-electron chi connectivity index (χ1n) is 7.86. The maximum Gasteiger partial charge on any atom is 0.255 e. The number of hydrogen-bond donors (Lipinski definition) is 1. The Labute approximate surface area is 132 Å². The van der Waals surface area contributed by atoms with Gasteiger partial charge in [-0.1, -0.05) is 20.8 Å². The minimum absolute atomic E-state index is 0.0148. The molecule has 0 aromatic carbocycles. The Hall–Kier alpha value is -1.91. The lowest BCUT2D eigenvalue weighted by Crippen LogP contribution is -2.44. The largest absolute Gasteiger partial charge is 0.351 e. The van der Waals surface area contributed by atoms with E-state index < -0.39 is 0 Å². The molecule has 1 fully saturated rings. The van der Waals surface area contributed by atoms with Crippen molar-refractivity contribution in [1.29, 1.82) is 0 Å². The highest BCUT2D eigenvalue weighted by Gasteiger charge is 2.32. The first-order valence-corrected chi connectivity index (χ1v) is 7.86. The van der Waals surface area contributed by atoms with Crippen molar-refractivity contribution in [3.8, 4) is 0 Å². The summed E-state index contributed by atoms with van der Waals surface area (Å²) in [6.45, 7) is 9.03. The summed E-state index contributed by atoms with van der Waals surface area (Å²) in [5, 5.41) is 3.07. The maximum atomic E-state index is 12.4. The summed E-state index contributed by atoms with van der Waals surface area (Å²) in [7, 11) is 0. The Morgan fingerprint density at radius 2 is 2.14 bits per heavy atom. The van der Waals surface area contributed by atoms with Crippen LogP contribution in [0.15, 0.2) is 18.3 Å². The monoisotopic (exact) mass is 303 g/mol. The van der Waals surface area contributed by atoms with E-state index in [1.54, 1.807) is 17.2 Å². The van der Waals surface area contributed by atoms with Crippen molar-refractivity contribution in [3.63, 3.8) is 0 Å². The lowest BCUT2D eigenvalue weighted by Gasteiger charge is -2.24. The van der Waals surface area contributed by atoms with Gasteiger partial charge < -0.3 is 10.2 Å². The van der Waals surface area contributed by atoms with Gasteiger partial charge in [-0.15, -0.1) is 0 Å². The zero-order chi connectivity index (χ0) is 16.3. The molecule has 0 saturated carbocycles. The number of nitrogens with zero attached hydrogens (tertiary/aromatic N) is 2. The normalized spacial score (nSPS) is 18.4. The highest BCUT2D eigenvalue weighted by atomic mass is 16.2. The molecule has 1 aliphatic heterocycles. The number of carbonyl (C=O) groups excluding carboxylic acids is 2. The maximum absolute atomic E-state index is 12.4. The molecule has 120 valence electrons. The Balaban J connectivity index is 1.94. The van der Waals surface area contributed by atoms with E-state index in [1.807, 2.05) is 33.8 Å². The minimum atomic E-state index is -0.363. The van der Waals surface area contributed by atoms with Crippen LogP contribution in [-0.4, -0.2) is 40.8 Å². The zero-order valence-electron chi connectivity index (χ0n) is 13.8. The highest BCUT2D eigenvalue weighted by Crippen LogP contribution is 2.21. The van der Waals surface area contributed by atoms with Gasteiger partial charge in [0.25, 0.3) is 5.91 Å². The van der Waals surface area contributed by atoms with Gasteiger partial charge in [0.05, 0.1) is 5.56 Å². The van der Waals surface area contributed by atoms with Crippen molar-refractivity contribution in [3.05, 3.63) is 29.6 Å².